The number of hydrogen-bond donors (Lipinski definition) is 9. The van der Waals surface area contributed by atoms with Crippen molar-refractivity contribution in [2.75, 3.05) is 20.8 Å². The van der Waals surface area contributed by atoms with E-state index in [1.165, 1.54) is 32.2 Å². The van der Waals surface area contributed by atoms with Crippen LogP contribution in [0, 0.1) is 47.3 Å². The zero-order valence-electron chi connectivity index (χ0n) is 50.0. The summed E-state index contributed by atoms with van der Waals surface area (Å²) in [6.07, 6.45) is 11.1. The number of Topliss-reactive ketones (excluding diaryl/α,β-unsaturated/α-hetero) is 1. The van der Waals surface area contributed by atoms with E-state index >= 15 is 0 Å². The number of aliphatic hydroxyl groups excluding tert-OH is 5. The number of nitrogens with one attached hydrogen (secondary N) is 4. The van der Waals surface area contributed by atoms with Gasteiger partial charge in [-0.2, -0.15) is 0 Å². The van der Waals surface area contributed by atoms with Crippen molar-refractivity contribution in [2.24, 2.45) is 47.3 Å². The summed E-state index contributed by atoms with van der Waals surface area (Å²) >= 11 is 0. The van der Waals surface area contributed by atoms with Crippen molar-refractivity contribution < 1.29 is 68.5 Å². The molecule has 0 aliphatic carbocycles. The minimum absolute atomic E-state index is 0.000159. The van der Waals surface area contributed by atoms with E-state index in [4.69, 9.17) is 14.2 Å². The van der Waals surface area contributed by atoms with E-state index in [0.717, 1.165) is 12.0 Å². The number of hydrogen-bond acceptors (Lipinski definition) is 15. The van der Waals surface area contributed by atoms with Crippen LogP contribution in [0.2, 0.25) is 0 Å². The van der Waals surface area contributed by atoms with Crippen molar-refractivity contribution in [3.8, 4) is 5.75 Å². The minimum atomic E-state index is -1.45. The molecule has 3 saturated heterocycles. The average Bonchev–Trinajstić information content (AvgIpc) is 3.51. The molecular weight excluding hydrogens is 1040 g/mol. The van der Waals surface area contributed by atoms with Gasteiger partial charge in [0.05, 0.1) is 56.8 Å². The molecule has 3 aliphatic heterocycles. The summed E-state index contributed by atoms with van der Waals surface area (Å²) in [5.41, 5.74) is 3.34. The highest BCUT2D eigenvalue weighted by Crippen LogP contribution is 2.46. The fourth-order valence-corrected chi connectivity index (χ4v) is 11.2. The molecule has 9 N–H and O–H groups in total. The lowest BCUT2D eigenvalue weighted by atomic mass is 9.69. The number of piperidine rings is 1. The molecule has 4 amide bonds. The first kappa shape index (κ1) is 68.2. The third kappa shape index (κ3) is 19.1. The van der Waals surface area contributed by atoms with E-state index in [9.17, 15) is 54.3 Å². The second-order valence-corrected chi connectivity index (χ2v) is 23.5. The van der Waals surface area contributed by atoms with Crippen LogP contribution in [0.4, 0.5) is 0 Å². The van der Waals surface area contributed by atoms with Crippen molar-refractivity contribution in [3.63, 3.8) is 0 Å². The van der Waals surface area contributed by atoms with Crippen LogP contribution in [-0.2, 0) is 44.7 Å². The van der Waals surface area contributed by atoms with Gasteiger partial charge < -0.3 is 60.5 Å². The maximum Gasteiger partial charge on any atom is 0.324 e. The van der Waals surface area contributed by atoms with Gasteiger partial charge in [0, 0.05) is 55.4 Å². The molecule has 1 aromatic carbocycles. The average molecular weight is 1140 g/mol. The second-order valence-electron chi connectivity index (χ2n) is 23.5. The van der Waals surface area contributed by atoms with Crippen LogP contribution < -0.4 is 26.1 Å². The number of carbonyl (C=O) groups is 6. The molecule has 19 heteroatoms. The van der Waals surface area contributed by atoms with Gasteiger partial charge in [0.15, 0.2) is 0 Å². The standard InChI is InChI=1S/C62H97N5O14/c1-13-45-32-39(6)62(65-57(45)74)43(10)55(72)42(9)53(81-62)35-52(71)38(5)23-17-14-16-22-37(4)50(69)27-18-15-19-28-51(70)41(8)56(73)47(30-29-40(7)68)58(75)64-54(36(2)3)59(76)63-49(34-44-24-20-25-46(33-44)79-11)60(77)67-31-21-26-48(66-67)61(78)80-12/h14-16,18-20,22,24-25,28,33,36,38-39,41-43,45,47-56,66,69-73H,13,17,21,23,26-27,29-32,34-35H2,1-12H3,(H,63,76)(H,64,75)(H,65,74)/b16-14+,18-15+,28-19+,37-22+/t38-,39-,41-,42-,43-,45-,47+,48-,49-,50-,51+,52-,53-,54-,55-,56+,62+/m0/s1. The third-order valence-electron chi connectivity index (χ3n) is 17.1. The summed E-state index contributed by atoms with van der Waals surface area (Å²) in [5.74, 6) is -5.46. The highest BCUT2D eigenvalue weighted by atomic mass is 16.5. The van der Waals surface area contributed by atoms with Crippen LogP contribution in [0.3, 0.4) is 0 Å². The lowest BCUT2D eigenvalue weighted by Crippen LogP contribution is -2.71. The predicted octanol–water partition coefficient (Wildman–Crippen LogP) is 5.32. The van der Waals surface area contributed by atoms with Gasteiger partial charge in [-0.3, -0.25) is 29.0 Å². The number of methoxy groups -OCH3 is 2. The van der Waals surface area contributed by atoms with E-state index in [1.54, 1.807) is 63.3 Å². The highest BCUT2D eigenvalue weighted by molar-refractivity contribution is 5.93. The number of carbonyl (C=O) groups excluding carboxylic acids is 6. The molecule has 454 valence electrons. The zero-order chi connectivity index (χ0) is 60.3. The van der Waals surface area contributed by atoms with Crippen molar-refractivity contribution in [2.45, 2.75) is 200 Å². The van der Waals surface area contributed by atoms with Gasteiger partial charge in [-0.05, 0) is 100 Å². The van der Waals surface area contributed by atoms with Crippen LogP contribution >= 0.6 is 0 Å². The Morgan fingerprint density at radius 1 is 0.951 bits per heavy atom. The SMILES string of the molecule is CC[C@H]1C[C@H](C)[C@@]2(NC1=O)O[C@@H](C[C@H](O)[C@@H](C)CC/C=C/C=C(\C)[C@@H](O)C/C=C/C=C/[C@@H](O)[C@H](C)[C@@H](O)[C@@H](CCC(C)=O)C(=O)N[C@H](C(=O)N[C@@H](Cc1cccc(OC)c1)C(=O)N1CCC[C@@H](C(=O)OC)N1)C(C)C)[C@H](C)[C@H](O)[C@@H]2C. The van der Waals surface area contributed by atoms with Gasteiger partial charge in [-0.1, -0.05) is 110 Å². The van der Waals surface area contributed by atoms with Crippen LogP contribution in [-0.4, -0.2) is 147 Å². The van der Waals surface area contributed by atoms with Gasteiger partial charge in [0.2, 0.25) is 17.7 Å². The molecule has 4 rings (SSSR count). The Bertz CT molecular complexity index is 2360. The molecule has 81 heavy (non-hydrogen) atoms. The van der Waals surface area contributed by atoms with E-state index in [0.29, 0.717) is 49.8 Å². The molecule has 1 spiro atoms. The van der Waals surface area contributed by atoms with Gasteiger partial charge >= 0.3 is 5.97 Å². The van der Waals surface area contributed by atoms with Gasteiger partial charge in [0.1, 0.15) is 35.4 Å². The molecule has 17 atom stereocenters. The molecule has 0 aromatic heterocycles. The summed E-state index contributed by atoms with van der Waals surface area (Å²) in [5, 5.41) is 66.3. The number of ether oxygens (including phenoxy) is 3. The number of allylic oxidation sites excluding steroid dienone is 5. The number of nitrogens with zero attached hydrogens (tertiary/aromatic N) is 1. The molecule has 0 saturated carbocycles. The Kier molecular flexibility index (Phi) is 27.4. The summed E-state index contributed by atoms with van der Waals surface area (Å²) in [4.78, 5) is 80.1. The first-order valence-electron chi connectivity index (χ1n) is 29.3. The van der Waals surface area contributed by atoms with Gasteiger partial charge in [0.25, 0.3) is 5.91 Å². The normalized spacial score (nSPS) is 27.0. The molecule has 0 unspecified atom stereocenters. The number of benzene rings is 1. The van der Waals surface area contributed by atoms with E-state index in [1.807, 2.05) is 52.8 Å². The number of esters is 1. The molecule has 3 fully saturated rings. The van der Waals surface area contributed by atoms with Crippen LogP contribution in [0.5, 0.6) is 5.75 Å². The Labute approximate surface area is 480 Å². The summed E-state index contributed by atoms with van der Waals surface area (Å²) in [6.45, 7) is 18.4. The second kappa shape index (κ2) is 32.5. The van der Waals surface area contributed by atoms with Gasteiger partial charge in [-0.15, -0.1) is 0 Å². The number of aliphatic hydroxyl groups is 5. The molecular formula is C62H97N5O14. The lowest BCUT2D eigenvalue weighted by Gasteiger charge is -2.56. The fourth-order valence-electron chi connectivity index (χ4n) is 11.2. The zero-order valence-corrected chi connectivity index (χ0v) is 50.0. The Morgan fingerprint density at radius 2 is 1.67 bits per heavy atom. The van der Waals surface area contributed by atoms with E-state index in [2.05, 4.69) is 28.3 Å². The summed E-state index contributed by atoms with van der Waals surface area (Å²) in [7, 11) is 2.77. The largest absolute Gasteiger partial charge is 0.497 e. The summed E-state index contributed by atoms with van der Waals surface area (Å²) < 4.78 is 17.0. The first-order chi connectivity index (χ1) is 38.3. The highest BCUT2D eigenvalue weighted by Gasteiger charge is 2.57. The fraction of sp³-hybridized carbons (Fsp3) is 0.677. The van der Waals surface area contributed by atoms with Crippen molar-refractivity contribution in [3.05, 3.63) is 77.9 Å². The number of rotatable bonds is 29. The van der Waals surface area contributed by atoms with E-state index < -0.39 is 102 Å². The van der Waals surface area contributed by atoms with Crippen LogP contribution in [0.25, 0.3) is 0 Å². The molecule has 1 aromatic rings. The monoisotopic (exact) mass is 1140 g/mol. The van der Waals surface area contributed by atoms with Crippen LogP contribution in [0.15, 0.2) is 72.4 Å². The molecule has 0 radical (unpaired) electrons. The quantitative estimate of drug-likeness (QED) is 0.0363. The number of amides is 4. The Morgan fingerprint density at radius 3 is 2.32 bits per heavy atom. The predicted molar refractivity (Wildman–Crippen MR) is 308 cm³/mol. The summed E-state index contributed by atoms with van der Waals surface area (Å²) in [6, 6.07) is 3.92. The molecule has 3 aliphatic rings. The van der Waals surface area contributed by atoms with E-state index in [-0.39, 0.29) is 73.5 Å². The topological polar surface area (TPSA) is 283 Å². The number of ketones is 1. The Hall–Kier alpha value is -5.28. The lowest BCUT2D eigenvalue weighted by molar-refractivity contribution is -0.267. The first-order valence-corrected chi connectivity index (χ1v) is 29.3. The molecule has 3 heterocycles. The molecule has 0 bridgehead atoms. The molecule has 19 nitrogen and oxygen atoms in total. The smallest absolute Gasteiger partial charge is 0.324 e. The third-order valence-corrected chi connectivity index (χ3v) is 17.1. The maximum atomic E-state index is 14.2. The van der Waals surface area contributed by atoms with Crippen molar-refractivity contribution >= 4 is 35.4 Å². The number of hydrazine groups is 1. The van der Waals surface area contributed by atoms with Crippen molar-refractivity contribution in [1.82, 2.24) is 26.4 Å². The van der Waals surface area contributed by atoms with Crippen LogP contribution in [0.1, 0.15) is 139 Å². The maximum absolute atomic E-state index is 14.2. The Balaban J connectivity index is 1.31. The van der Waals surface area contributed by atoms with Gasteiger partial charge in [-0.25, -0.2) is 5.43 Å². The minimum Gasteiger partial charge on any atom is -0.497 e. The van der Waals surface area contributed by atoms with Crippen molar-refractivity contribution in [1.29, 1.82) is 0 Å².